The minimum atomic E-state index is 0.0453. The average molecular weight is 287 g/mol. The summed E-state index contributed by atoms with van der Waals surface area (Å²) in [4.78, 5) is 15.8. The molecular weight excluding hydrogens is 270 g/mol. The monoisotopic (exact) mass is 287 g/mol. The van der Waals surface area contributed by atoms with Gasteiger partial charge in [-0.3, -0.25) is 4.79 Å². The molecule has 0 aliphatic carbocycles. The smallest absolute Gasteiger partial charge is 0.190 e. The van der Waals surface area contributed by atoms with Gasteiger partial charge in [0, 0.05) is 23.5 Å². The minimum Gasteiger partial charge on any atom is -0.366 e. The van der Waals surface area contributed by atoms with Gasteiger partial charge in [-0.15, -0.1) is 0 Å². The van der Waals surface area contributed by atoms with Gasteiger partial charge in [0.25, 0.3) is 0 Å². The second-order valence-corrected chi connectivity index (χ2v) is 5.22. The Hall–Kier alpha value is -2.87. The van der Waals surface area contributed by atoms with E-state index in [-0.39, 0.29) is 5.78 Å². The number of carbonyl (C=O) groups excluding carboxylic acids is 1. The number of benzene rings is 2. The fraction of sp³-hybridized carbons (Fsp3) is 0.0500. The molecule has 1 N–H and O–H groups in total. The lowest BCUT2D eigenvalue weighted by Crippen LogP contribution is -2.00. The minimum absolute atomic E-state index is 0.0453. The second-order valence-electron chi connectivity index (χ2n) is 5.22. The molecule has 2 nitrogen and oxygen atoms in total. The van der Waals surface area contributed by atoms with Crippen molar-refractivity contribution in [3.05, 3.63) is 89.8 Å². The Morgan fingerprint density at radius 3 is 2.23 bits per heavy atom. The molecule has 108 valence electrons. The predicted molar refractivity (Wildman–Crippen MR) is 90.7 cm³/mol. The zero-order valence-electron chi connectivity index (χ0n) is 12.4. The summed E-state index contributed by atoms with van der Waals surface area (Å²) in [7, 11) is 0. The largest absolute Gasteiger partial charge is 0.366 e. The Morgan fingerprint density at radius 1 is 0.909 bits per heavy atom. The van der Waals surface area contributed by atoms with Crippen LogP contribution in [-0.4, -0.2) is 10.8 Å². The van der Waals surface area contributed by atoms with Gasteiger partial charge in [-0.25, -0.2) is 0 Å². The molecule has 0 saturated heterocycles. The molecular formula is C20H17NO. The lowest BCUT2D eigenvalue weighted by Gasteiger charge is -2.04. The number of rotatable bonds is 4. The number of H-pyrrole nitrogens is 1. The number of ketones is 1. The third kappa shape index (κ3) is 2.91. The van der Waals surface area contributed by atoms with Crippen LogP contribution in [-0.2, 0) is 0 Å². The molecule has 1 heterocycles. The van der Waals surface area contributed by atoms with E-state index in [1.54, 1.807) is 6.20 Å². The molecule has 0 atom stereocenters. The van der Waals surface area contributed by atoms with E-state index in [9.17, 15) is 4.79 Å². The topological polar surface area (TPSA) is 32.9 Å². The van der Waals surface area contributed by atoms with Crippen LogP contribution in [0.3, 0.4) is 0 Å². The van der Waals surface area contributed by atoms with Gasteiger partial charge in [0.1, 0.15) is 0 Å². The molecule has 0 aliphatic rings. The highest BCUT2D eigenvalue weighted by Gasteiger charge is 2.15. The molecule has 0 bridgehead atoms. The Balaban J connectivity index is 1.94. The summed E-state index contributed by atoms with van der Waals surface area (Å²) in [5, 5.41) is 0. The van der Waals surface area contributed by atoms with Crippen LogP contribution in [0.5, 0.6) is 0 Å². The Morgan fingerprint density at radius 2 is 1.55 bits per heavy atom. The van der Waals surface area contributed by atoms with E-state index < -0.39 is 0 Å². The van der Waals surface area contributed by atoms with Gasteiger partial charge >= 0.3 is 0 Å². The van der Waals surface area contributed by atoms with Crippen LogP contribution in [0.4, 0.5) is 0 Å². The molecule has 0 aliphatic heterocycles. The van der Waals surface area contributed by atoms with E-state index in [1.165, 1.54) is 0 Å². The number of aromatic nitrogens is 1. The van der Waals surface area contributed by atoms with Crippen molar-refractivity contribution in [3.8, 4) is 11.1 Å². The molecule has 2 aromatic carbocycles. The first kappa shape index (κ1) is 14.1. The number of hydrogen-bond acceptors (Lipinski definition) is 1. The standard InChI is InChI=1S/C20H17NO/c1-15(12-16-8-4-2-5-9-16)20(22)19-14-21-13-18(19)17-10-6-3-7-11-17/h2-14,21H,1H3/b15-12+. The first-order valence-electron chi connectivity index (χ1n) is 7.26. The number of carbonyl (C=O) groups is 1. The van der Waals surface area contributed by atoms with Crippen LogP contribution in [0.2, 0.25) is 0 Å². The molecule has 0 unspecified atom stereocenters. The summed E-state index contributed by atoms with van der Waals surface area (Å²) in [5.74, 6) is 0.0453. The van der Waals surface area contributed by atoms with Crippen molar-refractivity contribution < 1.29 is 4.79 Å². The third-order valence-electron chi connectivity index (χ3n) is 3.62. The number of aromatic amines is 1. The van der Waals surface area contributed by atoms with Crippen molar-refractivity contribution in [2.24, 2.45) is 0 Å². The molecule has 2 heteroatoms. The van der Waals surface area contributed by atoms with Gasteiger partial charge in [-0.2, -0.15) is 0 Å². The fourth-order valence-electron chi connectivity index (χ4n) is 2.49. The first-order chi connectivity index (χ1) is 10.8. The molecule has 3 rings (SSSR count). The molecule has 0 radical (unpaired) electrons. The van der Waals surface area contributed by atoms with Crippen LogP contribution >= 0.6 is 0 Å². The van der Waals surface area contributed by atoms with Gasteiger partial charge in [0.15, 0.2) is 5.78 Å². The van der Waals surface area contributed by atoms with Crippen LogP contribution < -0.4 is 0 Å². The van der Waals surface area contributed by atoms with Crippen molar-refractivity contribution >= 4 is 11.9 Å². The van der Waals surface area contributed by atoms with Crippen molar-refractivity contribution in [2.75, 3.05) is 0 Å². The lowest BCUT2D eigenvalue weighted by molar-refractivity contribution is 0.103. The van der Waals surface area contributed by atoms with Gasteiger partial charge in [-0.1, -0.05) is 60.7 Å². The van der Waals surface area contributed by atoms with E-state index in [0.717, 1.165) is 22.3 Å². The van der Waals surface area contributed by atoms with Crippen LogP contribution in [0, 0.1) is 0 Å². The van der Waals surface area contributed by atoms with Crippen LogP contribution in [0.1, 0.15) is 22.8 Å². The molecule has 22 heavy (non-hydrogen) atoms. The molecule has 0 fully saturated rings. The fourth-order valence-corrected chi connectivity index (χ4v) is 2.49. The molecule has 0 amide bonds. The van der Waals surface area contributed by atoms with Crippen molar-refractivity contribution in [1.82, 2.24) is 4.98 Å². The number of nitrogens with one attached hydrogen (secondary N) is 1. The number of allylic oxidation sites excluding steroid dienone is 1. The first-order valence-corrected chi connectivity index (χ1v) is 7.26. The molecule has 1 aromatic heterocycles. The van der Waals surface area contributed by atoms with Crippen molar-refractivity contribution in [2.45, 2.75) is 6.92 Å². The zero-order chi connectivity index (χ0) is 15.4. The number of hydrogen-bond donors (Lipinski definition) is 1. The summed E-state index contributed by atoms with van der Waals surface area (Å²) in [6.07, 6.45) is 5.56. The maximum absolute atomic E-state index is 12.7. The highest BCUT2D eigenvalue weighted by Crippen LogP contribution is 2.25. The van der Waals surface area contributed by atoms with E-state index in [4.69, 9.17) is 0 Å². The summed E-state index contributed by atoms with van der Waals surface area (Å²) < 4.78 is 0. The van der Waals surface area contributed by atoms with E-state index in [2.05, 4.69) is 4.98 Å². The van der Waals surface area contributed by atoms with Gasteiger partial charge in [-0.05, 0) is 29.7 Å². The second kappa shape index (κ2) is 6.27. The maximum atomic E-state index is 12.7. The summed E-state index contributed by atoms with van der Waals surface area (Å²) in [5.41, 5.74) is 4.44. The average Bonchev–Trinajstić information content (AvgIpc) is 3.05. The Labute approximate surface area is 130 Å². The van der Waals surface area contributed by atoms with Gasteiger partial charge in [0.05, 0.1) is 0 Å². The van der Waals surface area contributed by atoms with E-state index in [1.807, 2.05) is 79.9 Å². The lowest BCUT2D eigenvalue weighted by atomic mass is 9.97. The maximum Gasteiger partial charge on any atom is 0.190 e. The van der Waals surface area contributed by atoms with Gasteiger partial charge < -0.3 is 4.98 Å². The van der Waals surface area contributed by atoms with Crippen LogP contribution in [0.25, 0.3) is 17.2 Å². The normalized spacial score (nSPS) is 11.4. The Kier molecular flexibility index (Phi) is 4.01. The quantitative estimate of drug-likeness (QED) is 0.533. The number of Topliss-reactive ketones (excluding diaryl/α,β-unsaturated/α-hetero) is 1. The zero-order valence-corrected chi connectivity index (χ0v) is 12.4. The predicted octanol–water partition coefficient (Wildman–Crippen LogP) is 4.97. The highest BCUT2D eigenvalue weighted by atomic mass is 16.1. The van der Waals surface area contributed by atoms with Gasteiger partial charge in [0.2, 0.25) is 0 Å². The molecule has 0 saturated carbocycles. The Bertz CT molecular complexity index is 798. The molecule has 3 aromatic rings. The summed E-state index contributed by atoms with van der Waals surface area (Å²) in [6.45, 7) is 1.86. The third-order valence-corrected chi connectivity index (χ3v) is 3.62. The van der Waals surface area contributed by atoms with E-state index in [0.29, 0.717) is 5.56 Å². The van der Waals surface area contributed by atoms with E-state index >= 15 is 0 Å². The highest BCUT2D eigenvalue weighted by molar-refractivity contribution is 6.14. The van der Waals surface area contributed by atoms with Crippen molar-refractivity contribution in [3.63, 3.8) is 0 Å². The SMILES string of the molecule is C/C(=C\c1ccccc1)C(=O)c1c[nH]cc1-c1ccccc1. The summed E-state index contributed by atoms with van der Waals surface area (Å²) >= 11 is 0. The summed E-state index contributed by atoms with van der Waals surface area (Å²) in [6, 6.07) is 19.8. The molecule has 0 spiro atoms. The van der Waals surface area contributed by atoms with Crippen LogP contribution in [0.15, 0.2) is 78.6 Å². The van der Waals surface area contributed by atoms with Crippen molar-refractivity contribution in [1.29, 1.82) is 0 Å².